The Morgan fingerprint density at radius 2 is 0.438 bits per heavy atom. The summed E-state index contributed by atoms with van der Waals surface area (Å²) in [5.74, 6) is -0.517. The highest BCUT2D eigenvalue weighted by molar-refractivity contribution is 7.47. The van der Waals surface area contributed by atoms with E-state index in [0.717, 1.165) is 102 Å². The molecule has 0 spiro atoms. The fourth-order valence-electron chi connectivity index (χ4n) is 13.4. The van der Waals surface area contributed by atoms with E-state index in [0.29, 0.717) is 25.7 Å². The Labute approximate surface area is 645 Å². The summed E-state index contributed by atoms with van der Waals surface area (Å²) in [6.45, 7) is 9.69. The van der Waals surface area contributed by atoms with Crippen molar-refractivity contribution in [2.45, 2.75) is 477 Å². The molecule has 0 fully saturated rings. The summed E-state index contributed by atoms with van der Waals surface area (Å²) in [4.78, 5) is 73.2. The van der Waals surface area contributed by atoms with Crippen LogP contribution in [0.3, 0.4) is 0 Å². The highest BCUT2D eigenvalue weighted by atomic mass is 31.2. The number of carbonyl (C=O) groups is 4. The van der Waals surface area contributed by atoms with Crippen LogP contribution in [-0.2, 0) is 65.4 Å². The van der Waals surface area contributed by atoms with Crippen LogP contribution in [0.4, 0.5) is 0 Å². The Morgan fingerprint density at radius 3 is 0.648 bits per heavy atom. The largest absolute Gasteiger partial charge is 0.472 e. The van der Waals surface area contributed by atoms with Gasteiger partial charge >= 0.3 is 39.5 Å². The molecule has 0 rings (SSSR count). The summed E-state index contributed by atoms with van der Waals surface area (Å²) < 4.78 is 68.9. The molecule has 0 aromatic carbocycles. The van der Waals surface area contributed by atoms with E-state index in [9.17, 15) is 43.2 Å². The first kappa shape index (κ1) is 103. The molecule has 0 amide bonds. The minimum atomic E-state index is -4.97. The van der Waals surface area contributed by atoms with E-state index in [1.165, 1.54) is 276 Å². The van der Waals surface area contributed by atoms with Crippen LogP contribution in [0.15, 0.2) is 0 Å². The minimum Gasteiger partial charge on any atom is -0.462 e. The van der Waals surface area contributed by atoms with Crippen molar-refractivity contribution in [1.82, 2.24) is 0 Å². The SMILES string of the molecule is CCCCCCCCCCCCCCCCCCCCCCC(=O)OC[C@H](COP(=O)(O)OC[C@@H](O)COP(=O)(O)OC[C@@H](COC(=O)CCCCCCCCCCCC)OC(=O)CCCCCCCCCCCCCC(C)C)OC(=O)CCCCCCCCCCCCCCCCCCCCC(C)C. The molecule has 0 heterocycles. The number of aliphatic hydroxyl groups is 1. The lowest BCUT2D eigenvalue weighted by molar-refractivity contribution is -0.161. The first-order valence-corrected chi connectivity index (χ1v) is 47.5. The van der Waals surface area contributed by atoms with Gasteiger partial charge in [0.2, 0.25) is 0 Å². The van der Waals surface area contributed by atoms with Crippen molar-refractivity contribution >= 4 is 39.5 Å². The van der Waals surface area contributed by atoms with E-state index in [2.05, 4.69) is 41.5 Å². The van der Waals surface area contributed by atoms with E-state index in [-0.39, 0.29) is 25.7 Å². The van der Waals surface area contributed by atoms with Crippen LogP contribution < -0.4 is 0 Å². The Morgan fingerprint density at radius 1 is 0.257 bits per heavy atom. The van der Waals surface area contributed by atoms with E-state index in [1.54, 1.807) is 0 Å². The molecule has 0 aliphatic rings. The van der Waals surface area contributed by atoms with E-state index >= 15 is 0 Å². The van der Waals surface area contributed by atoms with E-state index in [4.69, 9.17) is 37.0 Å². The van der Waals surface area contributed by atoms with Crippen molar-refractivity contribution in [3.8, 4) is 0 Å². The molecule has 0 saturated carbocycles. The summed E-state index contributed by atoms with van der Waals surface area (Å²) in [7, 11) is -9.93. The lowest BCUT2D eigenvalue weighted by Gasteiger charge is -2.21. The van der Waals surface area contributed by atoms with Crippen LogP contribution in [-0.4, -0.2) is 96.7 Å². The zero-order valence-corrected chi connectivity index (χ0v) is 70.8. The molecule has 5 atom stereocenters. The third kappa shape index (κ3) is 79.9. The number of phosphoric acid groups is 2. The maximum absolute atomic E-state index is 13.1. The first-order valence-electron chi connectivity index (χ1n) is 44.5. The zero-order valence-electron chi connectivity index (χ0n) is 69.0. The van der Waals surface area contributed by atoms with Gasteiger partial charge in [-0.2, -0.15) is 0 Å². The summed E-state index contributed by atoms with van der Waals surface area (Å²) in [6, 6.07) is 0. The fourth-order valence-corrected chi connectivity index (χ4v) is 15.0. The average molecular weight is 1540 g/mol. The van der Waals surface area contributed by atoms with Crippen molar-refractivity contribution in [2.75, 3.05) is 39.6 Å². The third-order valence-corrected chi connectivity index (χ3v) is 22.1. The predicted octanol–water partition coefficient (Wildman–Crippen LogP) is 26.2. The molecule has 624 valence electrons. The number of phosphoric ester groups is 2. The van der Waals surface area contributed by atoms with Gasteiger partial charge in [0.05, 0.1) is 26.4 Å². The minimum absolute atomic E-state index is 0.107. The molecule has 0 aromatic rings. The summed E-state index contributed by atoms with van der Waals surface area (Å²) >= 11 is 0. The smallest absolute Gasteiger partial charge is 0.462 e. The fraction of sp³-hybridized carbons (Fsp3) is 0.953. The Bertz CT molecular complexity index is 2010. The number of unbranched alkanes of at least 4 members (excludes halogenated alkanes) is 55. The van der Waals surface area contributed by atoms with Crippen molar-refractivity contribution in [2.24, 2.45) is 11.8 Å². The molecule has 0 saturated heterocycles. The summed E-state index contributed by atoms with van der Waals surface area (Å²) in [5, 5.41) is 10.7. The summed E-state index contributed by atoms with van der Waals surface area (Å²) in [5.41, 5.74) is 0. The first-order chi connectivity index (χ1) is 50.9. The van der Waals surface area contributed by atoms with Gasteiger partial charge in [0.25, 0.3) is 0 Å². The molecular weight excluding hydrogens is 1370 g/mol. The van der Waals surface area contributed by atoms with Crippen molar-refractivity contribution in [3.05, 3.63) is 0 Å². The average Bonchev–Trinajstić information content (AvgIpc) is 0.912. The highest BCUT2D eigenvalue weighted by Gasteiger charge is 2.30. The molecule has 0 aliphatic heterocycles. The van der Waals surface area contributed by atoms with Gasteiger partial charge in [-0.1, -0.05) is 408 Å². The van der Waals surface area contributed by atoms with Crippen LogP contribution in [0.1, 0.15) is 459 Å². The van der Waals surface area contributed by atoms with Crippen LogP contribution in [0.2, 0.25) is 0 Å². The Hall–Kier alpha value is -1.94. The van der Waals surface area contributed by atoms with Gasteiger partial charge in [-0.05, 0) is 37.5 Å². The Balaban J connectivity index is 5.21. The number of rotatable bonds is 85. The maximum atomic E-state index is 13.1. The topological polar surface area (TPSA) is 237 Å². The van der Waals surface area contributed by atoms with Crippen LogP contribution in [0, 0.1) is 11.8 Å². The van der Waals surface area contributed by atoms with Crippen LogP contribution >= 0.6 is 15.6 Å². The molecule has 0 aliphatic carbocycles. The summed E-state index contributed by atoms with van der Waals surface area (Å²) in [6.07, 6.45) is 69.5. The van der Waals surface area contributed by atoms with Gasteiger partial charge in [0, 0.05) is 25.7 Å². The standard InChI is InChI=1S/C86H168O17P2/c1-7-9-11-13-15-17-19-20-21-22-23-24-28-31-34-39-45-51-57-63-69-84(89)97-75-82(102-85(90)70-64-58-52-46-40-35-32-29-26-25-27-30-33-37-42-48-54-60-66-78(3)4)77-101-105(94,95)99-73-80(87)72-98-104(92,93)100-76-81(74-96-83(88)68-62-56-50-44-18-16-14-12-10-8-2)103-86(91)71-65-59-53-47-41-36-38-43-49-55-61-67-79(5)6/h78-82,87H,7-77H2,1-6H3,(H,92,93)(H,94,95)/t80-,81+,82+/m0/s1. The van der Waals surface area contributed by atoms with Crippen molar-refractivity contribution < 1.29 is 80.2 Å². The molecule has 0 bridgehead atoms. The monoisotopic (exact) mass is 1540 g/mol. The van der Waals surface area contributed by atoms with Gasteiger partial charge in [-0.25, -0.2) is 9.13 Å². The van der Waals surface area contributed by atoms with Crippen molar-refractivity contribution in [3.63, 3.8) is 0 Å². The predicted molar refractivity (Wildman–Crippen MR) is 432 cm³/mol. The van der Waals surface area contributed by atoms with Gasteiger partial charge < -0.3 is 33.8 Å². The molecular formula is C86H168O17P2. The molecule has 19 heteroatoms. The lowest BCUT2D eigenvalue weighted by atomic mass is 10.0. The second-order valence-corrected chi connectivity index (χ2v) is 34.8. The van der Waals surface area contributed by atoms with E-state index < -0.39 is 97.5 Å². The number of hydrogen-bond donors (Lipinski definition) is 3. The van der Waals surface area contributed by atoms with Crippen LogP contribution in [0.5, 0.6) is 0 Å². The third-order valence-electron chi connectivity index (χ3n) is 20.2. The second kappa shape index (κ2) is 77.4. The number of hydrogen-bond acceptors (Lipinski definition) is 15. The van der Waals surface area contributed by atoms with E-state index in [1.807, 2.05) is 0 Å². The molecule has 105 heavy (non-hydrogen) atoms. The number of aliphatic hydroxyl groups excluding tert-OH is 1. The molecule has 3 N–H and O–H groups in total. The zero-order chi connectivity index (χ0) is 77.1. The van der Waals surface area contributed by atoms with Crippen molar-refractivity contribution in [1.29, 1.82) is 0 Å². The molecule has 2 unspecified atom stereocenters. The molecule has 0 aromatic heterocycles. The van der Waals surface area contributed by atoms with Crippen LogP contribution in [0.25, 0.3) is 0 Å². The second-order valence-electron chi connectivity index (χ2n) is 31.9. The normalized spacial score (nSPS) is 13.8. The maximum Gasteiger partial charge on any atom is 0.472 e. The number of carbonyl (C=O) groups excluding carboxylic acids is 4. The van der Waals surface area contributed by atoms with Gasteiger partial charge in [-0.3, -0.25) is 37.3 Å². The van der Waals surface area contributed by atoms with Gasteiger partial charge in [-0.15, -0.1) is 0 Å². The highest BCUT2D eigenvalue weighted by Crippen LogP contribution is 2.45. The number of esters is 4. The van der Waals surface area contributed by atoms with Gasteiger partial charge in [0.1, 0.15) is 19.3 Å². The lowest BCUT2D eigenvalue weighted by Crippen LogP contribution is -2.30. The molecule has 17 nitrogen and oxygen atoms in total. The molecule has 0 radical (unpaired) electrons. The Kier molecular flexibility index (Phi) is 76.0. The number of ether oxygens (including phenoxy) is 4. The van der Waals surface area contributed by atoms with Gasteiger partial charge in [0.15, 0.2) is 12.2 Å². The quantitative estimate of drug-likeness (QED) is 0.0222.